The van der Waals surface area contributed by atoms with Crippen molar-refractivity contribution in [3.63, 3.8) is 0 Å². The fourth-order valence-corrected chi connectivity index (χ4v) is 2.03. The second-order valence-electron chi connectivity index (χ2n) is 5.09. The maximum Gasteiger partial charge on any atom is 0.416 e. The Morgan fingerprint density at radius 3 is 2.20 bits per heavy atom. The zero-order chi connectivity index (χ0) is 17.7. The molecule has 0 radical (unpaired) electrons. The van der Waals surface area contributed by atoms with Crippen LogP contribution in [0.4, 0.5) is 13.2 Å². The molecule has 0 aliphatic heterocycles. The zero-order valence-corrected chi connectivity index (χ0v) is 12.9. The number of halogens is 3. The first-order valence-corrected chi connectivity index (χ1v) is 7.34. The average molecular weight is 346 g/mol. The number of nitrogens with zero attached hydrogens (tertiary/aromatic N) is 2. The molecule has 0 aliphatic carbocycles. The molecule has 4 nitrogen and oxygen atoms in total. The van der Waals surface area contributed by atoms with Gasteiger partial charge in [0, 0.05) is 18.5 Å². The topological polar surface area (TPSA) is 44.2 Å². The lowest BCUT2D eigenvalue weighted by molar-refractivity contribution is -0.137. The Kier molecular flexibility index (Phi) is 4.83. The molecule has 3 aromatic rings. The van der Waals surface area contributed by atoms with Crippen molar-refractivity contribution in [1.82, 2.24) is 9.97 Å². The average Bonchev–Trinajstić information content (AvgIpc) is 2.61. The summed E-state index contributed by atoms with van der Waals surface area (Å²) in [7, 11) is 0. The van der Waals surface area contributed by atoms with Gasteiger partial charge in [-0.05, 0) is 35.9 Å². The molecule has 0 unspecified atom stereocenters. The summed E-state index contributed by atoms with van der Waals surface area (Å²) in [5, 5.41) is 0. The van der Waals surface area contributed by atoms with Gasteiger partial charge in [-0.2, -0.15) is 13.2 Å². The first-order valence-electron chi connectivity index (χ1n) is 7.34. The highest BCUT2D eigenvalue weighted by Gasteiger charge is 2.29. The Bertz CT molecular complexity index is 822. The molecule has 128 valence electrons. The van der Waals surface area contributed by atoms with E-state index in [2.05, 4.69) is 9.97 Å². The molecule has 0 saturated heterocycles. The van der Waals surface area contributed by atoms with Crippen molar-refractivity contribution in [3.8, 4) is 17.5 Å². The van der Waals surface area contributed by atoms with E-state index < -0.39 is 11.7 Å². The van der Waals surface area contributed by atoms with Crippen molar-refractivity contribution in [1.29, 1.82) is 0 Å². The summed E-state index contributed by atoms with van der Waals surface area (Å²) in [6, 6.07) is 13.6. The standard InChI is InChI=1S/C18H13F3N2O2/c19-18(20,21)14-7-5-13(6-8-14)12-24-15-3-1-4-16(11-15)25-17-22-9-2-10-23-17/h1-11H,12H2. The zero-order valence-electron chi connectivity index (χ0n) is 12.9. The number of ether oxygens (including phenoxy) is 2. The van der Waals surface area contributed by atoms with Crippen LogP contribution >= 0.6 is 0 Å². The van der Waals surface area contributed by atoms with Crippen molar-refractivity contribution in [2.75, 3.05) is 0 Å². The number of aromatic nitrogens is 2. The van der Waals surface area contributed by atoms with Gasteiger partial charge in [0.25, 0.3) is 0 Å². The molecule has 0 spiro atoms. The molecule has 0 atom stereocenters. The molecule has 25 heavy (non-hydrogen) atoms. The van der Waals surface area contributed by atoms with Crippen molar-refractivity contribution in [2.45, 2.75) is 12.8 Å². The molecule has 2 aromatic carbocycles. The maximum absolute atomic E-state index is 12.5. The Morgan fingerprint density at radius 1 is 0.840 bits per heavy atom. The number of benzene rings is 2. The molecule has 1 heterocycles. The van der Waals surface area contributed by atoms with E-state index in [1.807, 2.05) is 0 Å². The van der Waals surface area contributed by atoms with Gasteiger partial charge in [0.15, 0.2) is 0 Å². The minimum Gasteiger partial charge on any atom is -0.489 e. The van der Waals surface area contributed by atoms with Gasteiger partial charge in [-0.1, -0.05) is 18.2 Å². The van der Waals surface area contributed by atoms with Gasteiger partial charge in [-0.25, -0.2) is 9.97 Å². The number of hydrogen-bond donors (Lipinski definition) is 0. The molecule has 0 saturated carbocycles. The summed E-state index contributed by atoms with van der Waals surface area (Å²) in [6.07, 6.45) is -1.22. The second-order valence-corrected chi connectivity index (χ2v) is 5.09. The minimum atomic E-state index is -4.34. The maximum atomic E-state index is 12.5. The number of alkyl halides is 3. The first-order chi connectivity index (χ1) is 12.0. The van der Waals surface area contributed by atoms with Crippen molar-refractivity contribution < 1.29 is 22.6 Å². The van der Waals surface area contributed by atoms with E-state index in [1.54, 1.807) is 42.7 Å². The van der Waals surface area contributed by atoms with Crippen LogP contribution in [0.2, 0.25) is 0 Å². The van der Waals surface area contributed by atoms with E-state index in [1.165, 1.54) is 12.1 Å². The van der Waals surface area contributed by atoms with Crippen LogP contribution in [0.15, 0.2) is 67.0 Å². The monoisotopic (exact) mass is 346 g/mol. The molecule has 0 N–H and O–H groups in total. The first kappa shape index (κ1) is 16.8. The van der Waals surface area contributed by atoms with Gasteiger partial charge in [0.1, 0.15) is 18.1 Å². The van der Waals surface area contributed by atoms with E-state index in [0.717, 1.165) is 12.1 Å². The largest absolute Gasteiger partial charge is 0.489 e. The molecule has 0 aliphatic rings. The number of hydrogen-bond acceptors (Lipinski definition) is 4. The third-order valence-electron chi connectivity index (χ3n) is 3.24. The predicted molar refractivity (Wildman–Crippen MR) is 84.3 cm³/mol. The summed E-state index contributed by atoms with van der Waals surface area (Å²) in [6.45, 7) is 0.142. The molecule has 1 aromatic heterocycles. The highest BCUT2D eigenvalue weighted by atomic mass is 19.4. The summed E-state index contributed by atoms with van der Waals surface area (Å²) in [4.78, 5) is 7.92. The SMILES string of the molecule is FC(F)(F)c1ccc(COc2cccc(Oc3ncccn3)c2)cc1. The van der Waals surface area contributed by atoms with E-state index in [4.69, 9.17) is 9.47 Å². The molecular formula is C18H13F3N2O2. The minimum absolute atomic E-state index is 0.142. The molecule has 3 rings (SSSR count). The number of rotatable bonds is 5. The molecular weight excluding hydrogens is 333 g/mol. The Balaban J connectivity index is 1.62. The lowest BCUT2D eigenvalue weighted by Crippen LogP contribution is -2.05. The highest BCUT2D eigenvalue weighted by molar-refractivity contribution is 5.34. The Labute approximate surface area is 141 Å². The van der Waals surface area contributed by atoms with E-state index in [9.17, 15) is 13.2 Å². The van der Waals surface area contributed by atoms with Gasteiger partial charge in [0.05, 0.1) is 5.56 Å². The predicted octanol–water partition coefficient (Wildman–Crippen LogP) is 4.87. The lowest BCUT2D eigenvalue weighted by atomic mass is 10.1. The van der Waals surface area contributed by atoms with E-state index in [-0.39, 0.29) is 12.6 Å². The van der Waals surface area contributed by atoms with Gasteiger partial charge in [0.2, 0.25) is 0 Å². The van der Waals surface area contributed by atoms with Crippen LogP contribution in [0.25, 0.3) is 0 Å². The summed E-state index contributed by atoms with van der Waals surface area (Å²) in [5.74, 6) is 1.02. The lowest BCUT2D eigenvalue weighted by Gasteiger charge is -2.10. The van der Waals surface area contributed by atoms with Crippen molar-refractivity contribution in [2.24, 2.45) is 0 Å². The molecule has 0 bridgehead atoms. The summed E-state index contributed by atoms with van der Waals surface area (Å²) < 4.78 is 48.7. The fourth-order valence-electron chi connectivity index (χ4n) is 2.03. The van der Waals surface area contributed by atoms with Crippen LogP contribution in [0.5, 0.6) is 17.5 Å². The van der Waals surface area contributed by atoms with Crippen molar-refractivity contribution >= 4 is 0 Å². The normalized spacial score (nSPS) is 11.2. The van der Waals surface area contributed by atoms with Gasteiger partial charge >= 0.3 is 12.2 Å². The Morgan fingerprint density at radius 2 is 1.52 bits per heavy atom. The van der Waals surface area contributed by atoms with Crippen LogP contribution in [0.1, 0.15) is 11.1 Å². The third kappa shape index (κ3) is 4.69. The van der Waals surface area contributed by atoms with Crippen LogP contribution in [0, 0.1) is 0 Å². The summed E-state index contributed by atoms with van der Waals surface area (Å²) in [5.41, 5.74) is -0.0553. The summed E-state index contributed by atoms with van der Waals surface area (Å²) >= 11 is 0. The molecule has 7 heteroatoms. The highest BCUT2D eigenvalue weighted by Crippen LogP contribution is 2.29. The van der Waals surface area contributed by atoms with Crippen LogP contribution in [-0.4, -0.2) is 9.97 Å². The smallest absolute Gasteiger partial charge is 0.416 e. The van der Waals surface area contributed by atoms with Gasteiger partial charge in [-0.15, -0.1) is 0 Å². The fraction of sp³-hybridized carbons (Fsp3) is 0.111. The second kappa shape index (κ2) is 7.21. The van der Waals surface area contributed by atoms with Crippen molar-refractivity contribution in [3.05, 3.63) is 78.1 Å². The van der Waals surface area contributed by atoms with Crippen LogP contribution in [0.3, 0.4) is 0 Å². The van der Waals surface area contributed by atoms with Gasteiger partial charge < -0.3 is 9.47 Å². The Hall–Kier alpha value is -3.09. The van der Waals surface area contributed by atoms with E-state index >= 15 is 0 Å². The van der Waals surface area contributed by atoms with Crippen LogP contribution in [-0.2, 0) is 12.8 Å². The van der Waals surface area contributed by atoms with Crippen LogP contribution < -0.4 is 9.47 Å². The molecule has 0 amide bonds. The van der Waals surface area contributed by atoms with E-state index in [0.29, 0.717) is 17.1 Å². The third-order valence-corrected chi connectivity index (χ3v) is 3.24. The van der Waals surface area contributed by atoms with Gasteiger partial charge in [-0.3, -0.25) is 0 Å². The quantitative estimate of drug-likeness (QED) is 0.661. The molecule has 0 fully saturated rings.